The maximum absolute atomic E-state index is 12.9. The molecular weight excluding hydrogens is 250 g/mol. The van der Waals surface area contributed by atoms with E-state index in [1.807, 2.05) is 0 Å². The molecule has 5 nitrogen and oxygen atoms in total. The van der Waals surface area contributed by atoms with Gasteiger partial charge >= 0.3 is 0 Å². The highest BCUT2D eigenvalue weighted by Gasteiger charge is 2.26. The Kier molecular flexibility index (Phi) is 3.63. The lowest BCUT2D eigenvalue weighted by molar-refractivity contribution is 0.0851. The zero-order valence-corrected chi connectivity index (χ0v) is 9.79. The second kappa shape index (κ2) is 5.01. The third-order valence-electron chi connectivity index (χ3n) is 2.61. The van der Waals surface area contributed by atoms with E-state index in [9.17, 15) is 8.78 Å². The highest BCUT2D eigenvalue weighted by atomic mass is 32.1. The van der Waals surface area contributed by atoms with Crippen molar-refractivity contribution in [2.45, 2.75) is 31.9 Å². The number of hydrogen-bond acceptors (Lipinski definition) is 4. The Morgan fingerprint density at radius 3 is 2.94 bits per heavy atom. The van der Waals surface area contributed by atoms with Crippen molar-refractivity contribution >= 4 is 17.2 Å². The van der Waals surface area contributed by atoms with Crippen LogP contribution in [0.3, 0.4) is 0 Å². The summed E-state index contributed by atoms with van der Waals surface area (Å²) >= 11 is 4.66. The van der Waals surface area contributed by atoms with Crippen LogP contribution in [0.4, 0.5) is 8.78 Å². The Hall–Kier alpha value is -1.15. The van der Waals surface area contributed by atoms with Crippen LogP contribution < -0.4 is 5.73 Å². The van der Waals surface area contributed by atoms with E-state index in [1.54, 1.807) is 0 Å². The van der Waals surface area contributed by atoms with Crippen molar-refractivity contribution in [2.75, 3.05) is 6.61 Å². The van der Waals surface area contributed by atoms with Gasteiger partial charge in [-0.3, -0.25) is 0 Å². The first-order chi connectivity index (χ1) is 8.09. The molecule has 8 heteroatoms. The smallest absolute Gasteiger partial charge is 0.282 e. The molecule has 1 aliphatic rings. The number of thiocarbonyl (C=S) groups is 1. The molecule has 1 unspecified atom stereocenters. The van der Waals surface area contributed by atoms with Crippen LogP contribution in [-0.4, -0.2) is 32.7 Å². The molecule has 2 heterocycles. The molecular formula is C9H12F2N4OS. The van der Waals surface area contributed by atoms with Gasteiger partial charge in [-0.25, -0.2) is 13.5 Å². The Labute approximate surface area is 102 Å². The maximum atomic E-state index is 12.9. The minimum Gasteiger partial charge on any atom is -0.388 e. The number of alkyl halides is 2. The van der Waals surface area contributed by atoms with Gasteiger partial charge in [0.15, 0.2) is 0 Å². The quantitative estimate of drug-likeness (QED) is 0.821. The van der Waals surface area contributed by atoms with Crippen molar-refractivity contribution < 1.29 is 13.5 Å². The van der Waals surface area contributed by atoms with Crippen molar-refractivity contribution in [1.29, 1.82) is 0 Å². The zero-order chi connectivity index (χ0) is 12.4. The summed E-state index contributed by atoms with van der Waals surface area (Å²) in [5.74, 6) is 0. The van der Waals surface area contributed by atoms with Gasteiger partial charge in [0.05, 0.1) is 12.6 Å². The summed E-state index contributed by atoms with van der Waals surface area (Å²) in [6.45, 7) is 0.917. The molecule has 2 rings (SSSR count). The van der Waals surface area contributed by atoms with Crippen LogP contribution >= 0.6 is 12.2 Å². The molecule has 0 radical (unpaired) electrons. The maximum Gasteiger partial charge on any atom is 0.282 e. The fourth-order valence-electron chi connectivity index (χ4n) is 1.83. The van der Waals surface area contributed by atoms with Crippen LogP contribution in [0.5, 0.6) is 0 Å². The summed E-state index contributed by atoms with van der Waals surface area (Å²) in [5.41, 5.74) is 4.90. The van der Waals surface area contributed by atoms with E-state index in [0.717, 1.165) is 17.5 Å². The molecule has 0 aliphatic carbocycles. The SMILES string of the molecule is NC(=S)c1nnn(CC2CCCO2)c1C(F)F. The number of nitrogens with zero attached hydrogens (tertiary/aromatic N) is 3. The normalized spacial score (nSPS) is 20.1. The van der Waals surface area contributed by atoms with Crippen LogP contribution in [0.1, 0.15) is 30.7 Å². The lowest BCUT2D eigenvalue weighted by Crippen LogP contribution is -2.19. The van der Waals surface area contributed by atoms with Crippen LogP contribution in [0.15, 0.2) is 0 Å². The van der Waals surface area contributed by atoms with Gasteiger partial charge in [0.1, 0.15) is 16.4 Å². The zero-order valence-electron chi connectivity index (χ0n) is 8.97. The molecule has 1 fully saturated rings. The Balaban J connectivity index is 2.23. The van der Waals surface area contributed by atoms with Crippen LogP contribution in [0.2, 0.25) is 0 Å². The third kappa shape index (κ3) is 2.58. The first-order valence-corrected chi connectivity index (χ1v) is 5.63. The average Bonchev–Trinajstić information content (AvgIpc) is 2.86. The van der Waals surface area contributed by atoms with Gasteiger partial charge in [-0.2, -0.15) is 0 Å². The third-order valence-corrected chi connectivity index (χ3v) is 2.81. The van der Waals surface area contributed by atoms with E-state index >= 15 is 0 Å². The molecule has 1 aliphatic heterocycles. The molecule has 1 atom stereocenters. The van der Waals surface area contributed by atoms with Crippen molar-refractivity contribution in [3.8, 4) is 0 Å². The lowest BCUT2D eigenvalue weighted by atomic mass is 10.2. The summed E-state index contributed by atoms with van der Waals surface area (Å²) in [7, 11) is 0. The Morgan fingerprint density at radius 1 is 1.65 bits per heavy atom. The van der Waals surface area contributed by atoms with E-state index < -0.39 is 6.43 Å². The summed E-state index contributed by atoms with van der Waals surface area (Å²) in [6, 6.07) is 0. The van der Waals surface area contributed by atoms with Crippen molar-refractivity contribution in [3.05, 3.63) is 11.4 Å². The van der Waals surface area contributed by atoms with Gasteiger partial charge in [-0.15, -0.1) is 5.10 Å². The monoisotopic (exact) mass is 262 g/mol. The largest absolute Gasteiger partial charge is 0.388 e. The number of aromatic nitrogens is 3. The highest BCUT2D eigenvalue weighted by Crippen LogP contribution is 2.23. The number of nitrogens with two attached hydrogens (primary N) is 1. The summed E-state index contributed by atoms with van der Waals surface area (Å²) in [6.07, 6.45) is -1.02. The van der Waals surface area contributed by atoms with Gasteiger partial charge in [0, 0.05) is 6.61 Å². The fraction of sp³-hybridized carbons (Fsp3) is 0.667. The molecule has 2 N–H and O–H groups in total. The molecule has 1 aromatic heterocycles. The minimum atomic E-state index is -2.71. The van der Waals surface area contributed by atoms with Crippen molar-refractivity contribution in [3.63, 3.8) is 0 Å². The molecule has 0 amide bonds. The minimum absolute atomic E-state index is 0.0894. The number of halogens is 2. The summed E-state index contributed by atoms with van der Waals surface area (Å²) in [5, 5.41) is 7.25. The molecule has 0 saturated carbocycles. The molecule has 1 aromatic rings. The van der Waals surface area contributed by atoms with E-state index in [-0.39, 0.29) is 29.0 Å². The second-order valence-corrected chi connectivity index (χ2v) is 4.25. The molecule has 17 heavy (non-hydrogen) atoms. The standard InChI is InChI=1S/C9H12F2N4OS/c10-8(11)7-6(9(12)17)13-14-15(7)4-5-2-1-3-16-5/h5,8H,1-4H2,(H2,12,17). The predicted molar refractivity (Wildman–Crippen MR) is 59.8 cm³/mol. The van der Waals surface area contributed by atoms with Crippen LogP contribution in [0.25, 0.3) is 0 Å². The first kappa shape index (κ1) is 12.3. The molecule has 0 aromatic carbocycles. The summed E-state index contributed by atoms with van der Waals surface area (Å²) in [4.78, 5) is -0.168. The fourth-order valence-corrected chi connectivity index (χ4v) is 1.97. The van der Waals surface area contributed by atoms with Gasteiger partial charge < -0.3 is 10.5 Å². The van der Waals surface area contributed by atoms with E-state index in [0.29, 0.717) is 6.61 Å². The average molecular weight is 262 g/mol. The van der Waals surface area contributed by atoms with Gasteiger partial charge in [0.2, 0.25) is 0 Å². The van der Waals surface area contributed by atoms with Gasteiger partial charge in [-0.1, -0.05) is 17.4 Å². The Bertz CT molecular complexity index is 417. The summed E-state index contributed by atoms with van der Waals surface area (Å²) < 4.78 is 32.3. The molecule has 0 spiro atoms. The number of ether oxygens (including phenoxy) is 1. The van der Waals surface area contributed by atoms with E-state index in [1.165, 1.54) is 0 Å². The van der Waals surface area contributed by atoms with Gasteiger partial charge in [-0.05, 0) is 12.8 Å². The lowest BCUT2D eigenvalue weighted by Gasteiger charge is -2.11. The predicted octanol–water partition coefficient (Wildman–Crippen LogP) is 1.03. The number of hydrogen-bond donors (Lipinski definition) is 1. The van der Waals surface area contributed by atoms with E-state index in [2.05, 4.69) is 22.5 Å². The van der Waals surface area contributed by atoms with Gasteiger partial charge in [0.25, 0.3) is 6.43 Å². The second-order valence-electron chi connectivity index (χ2n) is 3.81. The Morgan fingerprint density at radius 2 is 2.41 bits per heavy atom. The molecule has 0 bridgehead atoms. The van der Waals surface area contributed by atoms with Crippen LogP contribution in [-0.2, 0) is 11.3 Å². The van der Waals surface area contributed by atoms with E-state index in [4.69, 9.17) is 10.5 Å². The molecule has 1 saturated heterocycles. The number of rotatable bonds is 4. The highest BCUT2D eigenvalue weighted by molar-refractivity contribution is 7.80. The van der Waals surface area contributed by atoms with Crippen molar-refractivity contribution in [2.24, 2.45) is 5.73 Å². The topological polar surface area (TPSA) is 66.0 Å². The molecule has 94 valence electrons. The van der Waals surface area contributed by atoms with Crippen molar-refractivity contribution in [1.82, 2.24) is 15.0 Å². The first-order valence-electron chi connectivity index (χ1n) is 5.22. The van der Waals surface area contributed by atoms with Crippen LogP contribution in [0, 0.1) is 0 Å².